The monoisotopic (exact) mass is 285 g/mol. The molecule has 1 rings (SSSR count). The zero-order valence-corrected chi connectivity index (χ0v) is 12.7. The summed E-state index contributed by atoms with van der Waals surface area (Å²) >= 11 is 4.65. The number of nitrogens with zero attached hydrogens (tertiary/aromatic N) is 1. The second kappa shape index (κ2) is 6.32. The molecule has 5 nitrogen and oxygen atoms in total. The Morgan fingerprint density at radius 2 is 1.84 bits per heavy atom. The first-order chi connectivity index (χ1) is 8.71. The molecule has 0 radical (unpaired) electrons. The van der Waals surface area contributed by atoms with Crippen LogP contribution >= 0.6 is 12.2 Å². The van der Waals surface area contributed by atoms with Crippen molar-refractivity contribution in [2.75, 3.05) is 19.6 Å². The molecule has 1 heterocycles. The zero-order valence-electron chi connectivity index (χ0n) is 11.9. The molecule has 0 saturated carbocycles. The molecule has 19 heavy (non-hydrogen) atoms. The average molecular weight is 285 g/mol. The number of amides is 2. The van der Waals surface area contributed by atoms with Gasteiger partial charge in [-0.15, -0.1) is 0 Å². The summed E-state index contributed by atoms with van der Waals surface area (Å²) < 4.78 is 0. The van der Waals surface area contributed by atoms with E-state index in [1.807, 2.05) is 0 Å². The van der Waals surface area contributed by atoms with Crippen LogP contribution in [0.15, 0.2) is 0 Å². The fourth-order valence-electron chi connectivity index (χ4n) is 2.34. The molecular formula is C13H23N3O2S. The number of carbonyl (C=O) groups excluding carboxylic acids is 2. The van der Waals surface area contributed by atoms with Crippen LogP contribution in [0.2, 0.25) is 0 Å². The third-order valence-corrected chi connectivity index (χ3v) is 3.77. The molecule has 0 atom stereocenters. The van der Waals surface area contributed by atoms with Gasteiger partial charge in [-0.1, -0.05) is 33.0 Å². The number of thiocarbonyl (C=S) groups is 1. The predicted octanol–water partition coefficient (Wildman–Crippen LogP) is 0.673. The van der Waals surface area contributed by atoms with Crippen molar-refractivity contribution < 1.29 is 9.59 Å². The first-order valence-corrected chi connectivity index (χ1v) is 6.98. The molecule has 1 aliphatic heterocycles. The molecule has 0 aliphatic carbocycles. The SMILES string of the molecule is CC(C)(C)C1CCN(C(=O)C(=O)NCC(N)=S)CC1. The molecule has 6 heteroatoms. The van der Waals surface area contributed by atoms with Gasteiger partial charge >= 0.3 is 11.8 Å². The molecule has 108 valence electrons. The van der Waals surface area contributed by atoms with Crippen LogP contribution in [0, 0.1) is 11.3 Å². The van der Waals surface area contributed by atoms with Crippen molar-refractivity contribution in [3.63, 3.8) is 0 Å². The summed E-state index contributed by atoms with van der Waals surface area (Å²) in [6.07, 6.45) is 1.88. The van der Waals surface area contributed by atoms with Gasteiger partial charge in [-0.2, -0.15) is 0 Å². The maximum atomic E-state index is 11.9. The molecule has 0 aromatic rings. The van der Waals surface area contributed by atoms with Gasteiger partial charge in [0.05, 0.1) is 11.5 Å². The predicted molar refractivity (Wildman–Crippen MR) is 78.6 cm³/mol. The Balaban J connectivity index is 2.44. The molecule has 0 unspecified atom stereocenters. The van der Waals surface area contributed by atoms with Crippen LogP contribution < -0.4 is 11.1 Å². The van der Waals surface area contributed by atoms with Crippen molar-refractivity contribution in [1.29, 1.82) is 0 Å². The number of hydrogen-bond donors (Lipinski definition) is 2. The van der Waals surface area contributed by atoms with Crippen LogP contribution in [-0.4, -0.2) is 41.3 Å². The van der Waals surface area contributed by atoms with Gasteiger partial charge < -0.3 is 16.0 Å². The van der Waals surface area contributed by atoms with E-state index in [1.165, 1.54) is 0 Å². The van der Waals surface area contributed by atoms with Crippen molar-refractivity contribution in [3.8, 4) is 0 Å². The van der Waals surface area contributed by atoms with Gasteiger partial charge in [0, 0.05) is 13.1 Å². The maximum absolute atomic E-state index is 11.9. The van der Waals surface area contributed by atoms with Crippen LogP contribution in [0.5, 0.6) is 0 Å². The topological polar surface area (TPSA) is 75.4 Å². The highest BCUT2D eigenvalue weighted by atomic mass is 32.1. The third-order valence-electron chi connectivity index (χ3n) is 3.62. The Kier molecular flexibility index (Phi) is 5.29. The minimum atomic E-state index is -0.623. The van der Waals surface area contributed by atoms with Crippen molar-refractivity contribution in [3.05, 3.63) is 0 Å². The quantitative estimate of drug-likeness (QED) is 0.578. The van der Waals surface area contributed by atoms with E-state index in [9.17, 15) is 9.59 Å². The summed E-state index contributed by atoms with van der Waals surface area (Å²) in [5.41, 5.74) is 5.53. The highest BCUT2D eigenvalue weighted by molar-refractivity contribution is 7.80. The molecular weight excluding hydrogens is 262 g/mol. The molecule has 1 fully saturated rings. The van der Waals surface area contributed by atoms with E-state index in [-0.39, 0.29) is 16.9 Å². The fourth-order valence-corrected chi connectivity index (χ4v) is 2.41. The van der Waals surface area contributed by atoms with Gasteiger partial charge in [0.15, 0.2) is 0 Å². The first kappa shape index (κ1) is 15.9. The number of piperidine rings is 1. The van der Waals surface area contributed by atoms with E-state index in [0.29, 0.717) is 19.0 Å². The standard InChI is InChI=1S/C13H23N3O2S/c1-13(2,3)9-4-6-16(7-5-9)12(18)11(17)15-8-10(14)19/h9H,4-8H2,1-3H3,(H2,14,19)(H,15,17). The second-order valence-corrected chi connectivity index (χ2v) is 6.61. The summed E-state index contributed by atoms with van der Waals surface area (Å²) in [6.45, 7) is 7.99. The van der Waals surface area contributed by atoms with Crippen LogP contribution in [0.3, 0.4) is 0 Å². The van der Waals surface area contributed by atoms with E-state index < -0.39 is 11.8 Å². The van der Waals surface area contributed by atoms with Crippen LogP contribution in [0.4, 0.5) is 0 Å². The molecule has 3 N–H and O–H groups in total. The Morgan fingerprint density at radius 3 is 2.26 bits per heavy atom. The Hall–Kier alpha value is -1.17. The van der Waals surface area contributed by atoms with Gasteiger partial charge in [-0.25, -0.2) is 0 Å². The molecule has 0 aromatic carbocycles. The van der Waals surface area contributed by atoms with E-state index in [4.69, 9.17) is 5.73 Å². The summed E-state index contributed by atoms with van der Waals surface area (Å²) in [5, 5.41) is 2.42. The highest BCUT2D eigenvalue weighted by Crippen LogP contribution is 2.34. The molecule has 2 amide bonds. The summed E-state index contributed by atoms with van der Waals surface area (Å²) in [6, 6.07) is 0. The fraction of sp³-hybridized carbons (Fsp3) is 0.769. The van der Waals surface area contributed by atoms with Gasteiger partial charge in [-0.05, 0) is 24.2 Å². The lowest BCUT2D eigenvalue weighted by Gasteiger charge is -2.38. The van der Waals surface area contributed by atoms with Crippen molar-refractivity contribution >= 4 is 29.0 Å². The zero-order chi connectivity index (χ0) is 14.6. The molecule has 0 aromatic heterocycles. The number of likely N-dealkylation sites (tertiary alicyclic amines) is 1. The minimum absolute atomic E-state index is 0.0678. The van der Waals surface area contributed by atoms with Crippen molar-refractivity contribution in [2.24, 2.45) is 17.1 Å². The second-order valence-electron chi connectivity index (χ2n) is 6.08. The van der Waals surface area contributed by atoms with E-state index in [0.717, 1.165) is 12.8 Å². The lowest BCUT2D eigenvalue weighted by Crippen LogP contribution is -2.48. The smallest absolute Gasteiger partial charge is 0.311 e. The third kappa shape index (κ3) is 4.78. The lowest BCUT2D eigenvalue weighted by atomic mass is 9.75. The first-order valence-electron chi connectivity index (χ1n) is 6.57. The van der Waals surface area contributed by atoms with Gasteiger partial charge in [-0.3, -0.25) is 9.59 Å². The van der Waals surface area contributed by atoms with Crippen LogP contribution in [0.25, 0.3) is 0 Å². The number of nitrogens with two attached hydrogens (primary N) is 1. The summed E-state index contributed by atoms with van der Waals surface area (Å²) in [5.74, 6) is -0.512. The van der Waals surface area contributed by atoms with Crippen molar-refractivity contribution in [1.82, 2.24) is 10.2 Å². The molecule has 1 saturated heterocycles. The molecule has 0 bridgehead atoms. The number of rotatable bonds is 2. The van der Waals surface area contributed by atoms with Gasteiger partial charge in [0.1, 0.15) is 0 Å². The van der Waals surface area contributed by atoms with E-state index >= 15 is 0 Å². The molecule has 1 aliphatic rings. The number of hydrogen-bond acceptors (Lipinski definition) is 3. The van der Waals surface area contributed by atoms with E-state index in [1.54, 1.807) is 4.90 Å². The maximum Gasteiger partial charge on any atom is 0.311 e. The van der Waals surface area contributed by atoms with Gasteiger partial charge in [0.25, 0.3) is 0 Å². The minimum Gasteiger partial charge on any atom is -0.392 e. The van der Waals surface area contributed by atoms with Crippen LogP contribution in [-0.2, 0) is 9.59 Å². The normalized spacial score (nSPS) is 17.1. The summed E-state index contributed by atoms with van der Waals surface area (Å²) in [4.78, 5) is 25.3. The van der Waals surface area contributed by atoms with Crippen LogP contribution in [0.1, 0.15) is 33.6 Å². The van der Waals surface area contributed by atoms with Crippen molar-refractivity contribution in [2.45, 2.75) is 33.6 Å². The molecule has 0 spiro atoms. The average Bonchev–Trinajstić information content (AvgIpc) is 2.34. The Morgan fingerprint density at radius 1 is 1.32 bits per heavy atom. The largest absolute Gasteiger partial charge is 0.392 e. The van der Waals surface area contributed by atoms with Gasteiger partial charge in [0.2, 0.25) is 0 Å². The van der Waals surface area contributed by atoms with E-state index in [2.05, 4.69) is 38.3 Å². The number of carbonyl (C=O) groups is 2. The highest BCUT2D eigenvalue weighted by Gasteiger charge is 2.32. The summed E-state index contributed by atoms with van der Waals surface area (Å²) in [7, 11) is 0. The number of nitrogens with one attached hydrogen (secondary N) is 1. The Labute approximate surface area is 119 Å². The Bertz CT molecular complexity index is 369. The lowest BCUT2D eigenvalue weighted by molar-refractivity contribution is -0.146.